The normalized spacial score (nSPS) is 14.7. The second-order valence-electron chi connectivity index (χ2n) is 5.23. The Bertz CT molecular complexity index is 748. The summed E-state index contributed by atoms with van der Waals surface area (Å²) in [7, 11) is 0. The molecule has 1 atom stereocenters. The Labute approximate surface area is 132 Å². The highest BCUT2D eigenvalue weighted by Crippen LogP contribution is 2.25. The van der Waals surface area contributed by atoms with Crippen LogP contribution in [0.3, 0.4) is 0 Å². The van der Waals surface area contributed by atoms with Crippen molar-refractivity contribution in [2.75, 3.05) is 0 Å². The van der Waals surface area contributed by atoms with Gasteiger partial charge in [-0.25, -0.2) is 0 Å². The first-order valence-electron chi connectivity index (χ1n) is 7.12. The van der Waals surface area contributed by atoms with Crippen LogP contribution in [0.25, 0.3) is 0 Å². The van der Waals surface area contributed by atoms with Crippen molar-refractivity contribution in [3.63, 3.8) is 0 Å². The average Bonchev–Trinajstić information content (AvgIpc) is 2.96. The smallest absolute Gasteiger partial charge is 0.275 e. The van der Waals surface area contributed by atoms with Gasteiger partial charge >= 0.3 is 0 Å². The van der Waals surface area contributed by atoms with E-state index in [1.54, 1.807) is 24.3 Å². The molecule has 0 aliphatic heterocycles. The number of amides is 1. The SMILES string of the molecule is N#C[C@H](NC(=O)c1noc2c1CCCC2)c1cccc(Cl)c1. The zero-order chi connectivity index (χ0) is 15.5. The van der Waals surface area contributed by atoms with Crippen molar-refractivity contribution < 1.29 is 9.32 Å². The fourth-order valence-electron chi connectivity index (χ4n) is 2.64. The largest absolute Gasteiger partial charge is 0.360 e. The van der Waals surface area contributed by atoms with Gasteiger partial charge in [0.1, 0.15) is 11.8 Å². The van der Waals surface area contributed by atoms with Gasteiger partial charge in [0.25, 0.3) is 5.91 Å². The van der Waals surface area contributed by atoms with Crippen LogP contribution >= 0.6 is 11.6 Å². The van der Waals surface area contributed by atoms with Gasteiger partial charge in [0.05, 0.1) is 6.07 Å². The predicted octanol–water partition coefficient (Wildman–Crippen LogP) is 3.20. The number of carbonyl (C=O) groups is 1. The number of nitrogens with one attached hydrogen (secondary N) is 1. The summed E-state index contributed by atoms with van der Waals surface area (Å²) in [6, 6.07) is 8.16. The second kappa shape index (κ2) is 6.20. The summed E-state index contributed by atoms with van der Waals surface area (Å²) in [5.74, 6) is 0.395. The van der Waals surface area contributed by atoms with Gasteiger partial charge in [-0.3, -0.25) is 4.79 Å². The Morgan fingerprint density at radius 3 is 3.00 bits per heavy atom. The highest BCUT2D eigenvalue weighted by Gasteiger charge is 2.25. The van der Waals surface area contributed by atoms with E-state index in [2.05, 4.69) is 16.5 Å². The summed E-state index contributed by atoms with van der Waals surface area (Å²) in [6.07, 6.45) is 3.67. The Morgan fingerprint density at radius 2 is 2.23 bits per heavy atom. The minimum absolute atomic E-state index is 0.289. The van der Waals surface area contributed by atoms with E-state index in [9.17, 15) is 10.1 Å². The maximum absolute atomic E-state index is 12.4. The van der Waals surface area contributed by atoms with Crippen LogP contribution in [-0.4, -0.2) is 11.1 Å². The summed E-state index contributed by atoms with van der Waals surface area (Å²) in [4.78, 5) is 12.4. The summed E-state index contributed by atoms with van der Waals surface area (Å²) >= 11 is 5.93. The number of hydrogen-bond acceptors (Lipinski definition) is 4. The minimum atomic E-state index is -0.776. The predicted molar refractivity (Wildman–Crippen MR) is 80.4 cm³/mol. The maximum Gasteiger partial charge on any atom is 0.275 e. The van der Waals surface area contributed by atoms with E-state index in [-0.39, 0.29) is 5.69 Å². The van der Waals surface area contributed by atoms with E-state index >= 15 is 0 Å². The summed E-state index contributed by atoms with van der Waals surface area (Å²) < 4.78 is 5.23. The molecular weight excluding hydrogens is 302 g/mol. The number of carbonyl (C=O) groups excluding carboxylic acids is 1. The molecule has 112 valence electrons. The monoisotopic (exact) mass is 315 g/mol. The molecule has 0 unspecified atom stereocenters. The Kier molecular flexibility index (Phi) is 4.12. The Morgan fingerprint density at radius 1 is 1.41 bits per heavy atom. The van der Waals surface area contributed by atoms with Crippen LogP contribution in [0.15, 0.2) is 28.8 Å². The lowest BCUT2D eigenvalue weighted by Gasteiger charge is -2.13. The van der Waals surface area contributed by atoms with Crippen molar-refractivity contribution in [1.29, 1.82) is 5.26 Å². The zero-order valence-electron chi connectivity index (χ0n) is 11.8. The molecule has 1 amide bonds. The standard InChI is InChI=1S/C16H14ClN3O2/c17-11-5-3-4-10(8-11)13(9-18)19-16(21)15-12-6-1-2-7-14(12)22-20-15/h3-5,8,13H,1-2,6-7H2,(H,19,21)/t13-/m0/s1. The van der Waals surface area contributed by atoms with Gasteiger partial charge in [-0.15, -0.1) is 0 Å². The van der Waals surface area contributed by atoms with Crippen molar-refractivity contribution in [2.45, 2.75) is 31.7 Å². The first-order valence-corrected chi connectivity index (χ1v) is 7.50. The molecule has 1 N–H and O–H groups in total. The van der Waals surface area contributed by atoms with Gasteiger partial charge in [-0.2, -0.15) is 5.26 Å². The van der Waals surface area contributed by atoms with Crippen LogP contribution in [0, 0.1) is 11.3 Å². The van der Waals surface area contributed by atoms with Crippen molar-refractivity contribution in [1.82, 2.24) is 10.5 Å². The first-order chi connectivity index (χ1) is 10.7. The van der Waals surface area contributed by atoms with Crippen LogP contribution in [0.2, 0.25) is 5.02 Å². The molecule has 0 saturated heterocycles. The molecule has 0 fully saturated rings. The number of rotatable bonds is 3. The third-order valence-corrected chi connectivity index (χ3v) is 3.99. The van der Waals surface area contributed by atoms with Crippen LogP contribution in [-0.2, 0) is 12.8 Å². The molecule has 1 aromatic carbocycles. The molecule has 1 heterocycles. The summed E-state index contributed by atoms with van der Waals surface area (Å²) in [6.45, 7) is 0. The molecule has 0 bridgehead atoms. The van der Waals surface area contributed by atoms with E-state index < -0.39 is 11.9 Å². The summed E-state index contributed by atoms with van der Waals surface area (Å²) in [5, 5.41) is 16.4. The average molecular weight is 316 g/mol. The lowest BCUT2D eigenvalue weighted by molar-refractivity contribution is 0.0935. The Hall–Kier alpha value is -2.32. The number of hydrogen-bond donors (Lipinski definition) is 1. The number of benzene rings is 1. The number of halogens is 1. The van der Waals surface area contributed by atoms with E-state index in [1.165, 1.54) is 0 Å². The third-order valence-electron chi connectivity index (χ3n) is 3.75. The molecular formula is C16H14ClN3O2. The van der Waals surface area contributed by atoms with E-state index in [0.29, 0.717) is 10.6 Å². The van der Waals surface area contributed by atoms with Crippen LogP contribution in [0.5, 0.6) is 0 Å². The topological polar surface area (TPSA) is 78.9 Å². The van der Waals surface area contributed by atoms with Gasteiger partial charge in [0, 0.05) is 17.0 Å². The van der Waals surface area contributed by atoms with Crippen LogP contribution in [0.1, 0.15) is 46.3 Å². The van der Waals surface area contributed by atoms with Crippen molar-refractivity contribution in [3.8, 4) is 6.07 Å². The summed E-state index contributed by atoms with van der Waals surface area (Å²) in [5.41, 5.74) is 1.80. The minimum Gasteiger partial charge on any atom is -0.360 e. The molecule has 1 aliphatic rings. The van der Waals surface area contributed by atoms with Crippen LogP contribution in [0.4, 0.5) is 0 Å². The zero-order valence-corrected chi connectivity index (χ0v) is 12.6. The number of aromatic nitrogens is 1. The number of aryl methyl sites for hydroxylation is 1. The lowest BCUT2D eigenvalue weighted by atomic mass is 9.96. The fourth-order valence-corrected chi connectivity index (χ4v) is 2.84. The molecule has 1 aromatic heterocycles. The first kappa shape index (κ1) is 14.6. The fraction of sp³-hybridized carbons (Fsp3) is 0.312. The van der Waals surface area contributed by atoms with Crippen molar-refractivity contribution in [3.05, 3.63) is 51.9 Å². The molecule has 22 heavy (non-hydrogen) atoms. The van der Waals surface area contributed by atoms with Gasteiger partial charge in [0.15, 0.2) is 5.69 Å². The van der Waals surface area contributed by atoms with Gasteiger partial charge in [0.2, 0.25) is 0 Å². The van der Waals surface area contributed by atoms with Gasteiger partial charge in [-0.1, -0.05) is 28.9 Å². The molecule has 0 saturated carbocycles. The second-order valence-corrected chi connectivity index (χ2v) is 5.67. The van der Waals surface area contributed by atoms with E-state index in [1.807, 2.05) is 0 Å². The van der Waals surface area contributed by atoms with E-state index in [0.717, 1.165) is 37.0 Å². The molecule has 3 rings (SSSR count). The van der Waals surface area contributed by atoms with Crippen molar-refractivity contribution in [2.24, 2.45) is 0 Å². The van der Waals surface area contributed by atoms with Gasteiger partial charge in [-0.05, 0) is 37.0 Å². The quantitative estimate of drug-likeness (QED) is 0.943. The molecule has 0 radical (unpaired) electrons. The molecule has 6 heteroatoms. The van der Waals surface area contributed by atoms with Gasteiger partial charge < -0.3 is 9.84 Å². The molecule has 1 aliphatic carbocycles. The Balaban J connectivity index is 1.81. The highest BCUT2D eigenvalue weighted by molar-refractivity contribution is 6.30. The third kappa shape index (κ3) is 2.83. The lowest BCUT2D eigenvalue weighted by Crippen LogP contribution is -2.29. The maximum atomic E-state index is 12.4. The van der Waals surface area contributed by atoms with Crippen molar-refractivity contribution >= 4 is 17.5 Å². The molecule has 2 aromatic rings. The number of nitriles is 1. The number of fused-ring (bicyclic) bond motifs is 1. The van der Waals surface area contributed by atoms with E-state index in [4.69, 9.17) is 16.1 Å². The molecule has 0 spiro atoms. The number of nitrogens with zero attached hydrogens (tertiary/aromatic N) is 2. The van der Waals surface area contributed by atoms with Crippen LogP contribution < -0.4 is 5.32 Å². The highest BCUT2D eigenvalue weighted by atomic mass is 35.5. The molecule has 5 nitrogen and oxygen atoms in total.